The number of piperazine rings is 1. The van der Waals surface area contributed by atoms with E-state index in [9.17, 15) is 19.2 Å². The van der Waals surface area contributed by atoms with Gasteiger partial charge in [-0.3, -0.25) is 34.6 Å². The molecular formula is C52H56FN11O5. The van der Waals surface area contributed by atoms with Crippen LogP contribution in [0, 0.1) is 5.82 Å². The van der Waals surface area contributed by atoms with Gasteiger partial charge in [-0.25, -0.2) is 28.2 Å². The van der Waals surface area contributed by atoms with Crippen LogP contribution in [0.4, 0.5) is 32.1 Å². The summed E-state index contributed by atoms with van der Waals surface area (Å²) in [5.41, 5.74) is 7.93. The van der Waals surface area contributed by atoms with Gasteiger partial charge in [0, 0.05) is 95.0 Å². The topological polar surface area (TPSA) is 154 Å². The number of nitrogens with one attached hydrogen (secondary N) is 1. The number of halogens is 1. The molecule has 6 aromatic rings. The molecule has 356 valence electrons. The van der Waals surface area contributed by atoms with E-state index in [0.717, 1.165) is 84.8 Å². The standard InChI is InChI=1S/C52H56FN11O5/c1-5-40-43(18-22-55-48(40)63-28-27-62(52(63)68)39-7-6-21-54-31-39)42-14-13-38(64-50(69-4)57-58(3)51(64)67)30-44(42)34-8-11-37(12-9-34)61-26-25-60(32-33(61)2)36-19-23-59(24-20-36)46-16-10-35(29-45(46)53)41-15-17-47(65)56-49(41)66/h6-14,16,18,21-22,29-31,33,36,41H,5,15,17,19-20,23-28,32H2,1-4H3,(H,56,65,66)/t33-,41?/m1/s1. The van der Waals surface area contributed by atoms with Crippen LogP contribution in [0.15, 0.2) is 102 Å². The zero-order valence-electron chi connectivity index (χ0n) is 39.3. The highest BCUT2D eigenvalue weighted by Crippen LogP contribution is 2.40. The molecule has 0 spiro atoms. The Bertz CT molecular complexity index is 2970. The Kier molecular flexibility index (Phi) is 12.5. The number of anilines is 4. The van der Waals surface area contributed by atoms with E-state index in [1.165, 1.54) is 22.4 Å². The van der Waals surface area contributed by atoms with Crippen molar-refractivity contribution < 1.29 is 23.5 Å². The van der Waals surface area contributed by atoms with E-state index < -0.39 is 5.92 Å². The third-order valence-electron chi connectivity index (χ3n) is 14.3. The lowest BCUT2D eigenvalue weighted by atomic mass is 9.90. The van der Waals surface area contributed by atoms with Crippen molar-refractivity contribution in [3.05, 3.63) is 125 Å². The van der Waals surface area contributed by atoms with Crippen molar-refractivity contribution in [2.45, 2.75) is 64.0 Å². The molecule has 0 radical (unpaired) electrons. The zero-order chi connectivity index (χ0) is 47.9. The normalized spacial score (nSPS) is 19.4. The average Bonchev–Trinajstić information content (AvgIpc) is 3.90. The molecule has 0 saturated carbocycles. The minimum Gasteiger partial charge on any atom is -0.467 e. The van der Waals surface area contributed by atoms with Crippen LogP contribution >= 0.6 is 0 Å². The lowest BCUT2D eigenvalue weighted by Crippen LogP contribution is -2.57. The van der Waals surface area contributed by atoms with Gasteiger partial charge in [-0.15, -0.1) is 5.10 Å². The molecule has 16 nitrogen and oxygen atoms in total. The van der Waals surface area contributed by atoms with Crippen molar-refractivity contribution in [1.82, 2.24) is 34.5 Å². The summed E-state index contributed by atoms with van der Waals surface area (Å²) < 4.78 is 23.8. The van der Waals surface area contributed by atoms with Gasteiger partial charge in [0.1, 0.15) is 11.6 Å². The van der Waals surface area contributed by atoms with Crippen LogP contribution in [0.25, 0.3) is 27.9 Å². The van der Waals surface area contributed by atoms with E-state index in [2.05, 4.69) is 68.2 Å². The van der Waals surface area contributed by atoms with Crippen LogP contribution in [0.5, 0.6) is 6.01 Å². The number of ether oxygens (including phenoxy) is 1. The second kappa shape index (κ2) is 18.9. The minimum atomic E-state index is -0.515. The number of imide groups is 1. The highest BCUT2D eigenvalue weighted by atomic mass is 19.1. The fourth-order valence-corrected chi connectivity index (χ4v) is 10.8. The molecule has 7 heterocycles. The van der Waals surface area contributed by atoms with Crippen LogP contribution in [0.1, 0.15) is 56.6 Å². The predicted molar refractivity (Wildman–Crippen MR) is 263 cm³/mol. The van der Waals surface area contributed by atoms with Crippen molar-refractivity contribution in [2.24, 2.45) is 7.05 Å². The molecule has 4 aliphatic heterocycles. The van der Waals surface area contributed by atoms with Crippen LogP contribution < -0.4 is 35.3 Å². The Balaban J connectivity index is 0.870. The number of carbonyl (C=O) groups excluding carboxylic acids is 3. The summed E-state index contributed by atoms with van der Waals surface area (Å²) >= 11 is 0. The molecule has 17 heteroatoms. The summed E-state index contributed by atoms with van der Waals surface area (Å²) in [5, 5.41) is 6.67. The van der Waals surface area contributed by atoms with Crippen molar-refractivity contribution in [3.63, 3.8) is 0 Å². The molecule has 10 rings (SSSR count). The third-order valence-corrected chi connectivity index (χ3v) is 14.3. The summed E-state index contributed by atoms with van der Waals surface area (Å²) in [6.07, 6.45) is 8.26. The minimum absolute atomic E-state index is 0.151. The fourth-order valence-electron chi connectivity index (χ4n) is 10.8. The molecule has 1 N–H and O–H groups in total. The molecule has 4 fully saturated rings. The first-order valence-electron chi connectivity index (χ1n) is 23.8. The number of methoxy groups -OCH3 is 1. The lowest BCUT2D eigenvalue weighted by molar-refractivity contribution is -0.134. The first-order chi connectivity index (χ1) is 33.5. The second-order valence-corrected chi connectivity index (χ2v) is 18.3. The summed E-state index contributed by atoms with van der Waals surface area (Å²) in [6.45, 7) is 9.47. The Morgan fingerprint density at radius 1 is 0.797 bits per heavy atom. The number of aryl methyl sites for hydroxylation is 1. The first-order valence-corrected chi connectivity index (χ1v) is 23.8. The third kappa shape index (κ3) is 8.60. The second-order valence-electron chi connectivity index (χ2n) is 18.3. The van der Waals surface area contributed by atoms with E-state index >= 15 is 4.39 Å². The summed E-state index contributed by atoms with van der Waals surface area (Å²) in [5.74, 6) is -0.874. The van der Waals surface area contributed by atoms with Gasteiger partial charge in [0.05, 0.1) is 36.3 Å². The Labute approximate surface area is 399 Å². The number of piperidine rings is 2. The van der Waals surface area contributed by atoms with E-state index in [0.29, 0.717) is 54.7 Å². The molecule has 0 aliphatic carbocycles. The molecule has 3 aromatic carbocycles. The molecule has 3 aromatic heterocycles. The van der Waals surface area contributed by atoms with E-state index in [4.69, 9.17) is 9.72 Å². The Morgan fingerprint density at radius 2 is 1.58 bits per heavy atom. The zero-order valence-corrected chi connectivity index (χ0v) is 39.3. The lowest BCUT2D eigenvalue weighted by Gasteiger charge is -2.46. The maximum atomic E-state index is 15.5. The quantitative estimate of drug-likeness (QED) is 0.141. The van der Waals surface area contributed by atoms with E-state index in [1.54, 1.807) is 41.5 Å². The fraction of sp³-hybridized carbons (Fsp3) is 0.365. The number of benzene rings is 3. The molecule has 4 aliphatic rings. The molecule has 1 unspecified atom stereocenters. The van der Waals surface area contributed by atoms with E-state index in [1.807, 2.05) is 42.5 Å². The van der Waals surface area contributed by atoms with Crippen molar-refractivity contribution >= 4 is 40.7 Å². The SMILES string of the molecule is CCc1c(-c2ccc(-n3c(OC)nn(C)c3=O)cc2-c2ccc(N3CCN(C4CCN(c5ccc(C6CCC(=O)NC6=O)cc5F)CC4)C[C@H]3C)cc2)ccnc1N1CCN(c2cccnc2)C1=O. The molecule has 4 amide bonds. The monoisotopic (exact) mass is 933 g/mol. The summed E-state index contributed by atoms with van der Waals surface area (Å²) in [7, 11) is 3.09. The predicted octanol–water partition coefficient (Wildman–Crippen LogP) is 6.55. The number of nitrogens with zero attached hydrogens (tertiary/aromatic N) is 10. The number of aromatic nitrogens is 5. The number of pyridine rings is 2. The van der Waals surface area contributed by atoms with Gasteiger partial charge in [0.15, 0.2) is 0 Å². The van der Waals surface area contributed by atoms with Crippen molar-refractivity contribution in [1.29, 1.82) is 0 Å². The van der Waals surface area contributed by atoms with Gasteiger partial charge < -0.3 is 14.5 Å². The van der Waals surface area contributed by atoms with Gasteiger partial charge in [-0.1, -0.05) is 31.2 Å². The Hall–Kier alpha value is -7.40. The van der Waals surface area contributed by atoms with Gasteiger partial charge in [0.25, 0.3) is 0 Å². The number of hydrogen-bond donors (Lipinski definition) is 1. The summed E-state index contributed by atoms with van der Waals surface area (Å²) in [4.78, 5) is 71.0. The van der Waals surface area contributed by atoms with Crippen LogP contribution in [-0.4, -0.2) is 112 Å². The number of hydrogen-bond acceptors (Lipinski definition) is 11. The highest BCUT2D eigenvalue weighted by Gasteiger charge is 2.35. The maximum absolute atomic E-state index is 15.5. The number of rotatable bonds is 11. The molecule has 0 bridgehead atoms. The summed E-state index contributed by atoms with van der Waals surface area (Å²) in [6, 6.07) is 26.0. The van der Waals surface area contributed by atoms with Gasteiger partial charge >= 0.3 is 17.7 Å². The molecular weight excluding hydrogens is 878 g/mol. The molecule has 4 saturated heterocycles. The largest absolute Gasteiger partial charge is 0.467 e. The Morgan fingerprint density at radius 3 is 2.29 bits per heavy atom. The van der Waals surface area contributed by atoms with Crippen LogP contribution in [-0.2, 0) is 23.1 Å². The highest BCUT2D eigenvalue weighted by molar-refractivity contribution is 6.06. The van der Waals surface area contributed by atoms with E-state index in [-0.39, 0.29) is 47.8 Å². The number of carbonyl (C=O) groups is 3. The maximum Gasteiger partial charge on any atom is 0.353 e. The molecule has 2 atom stereocenters. The van der Waals surface area contributed by atoms with Gasteiger partial charge in [-0.05, 0) is 115 Å². The first kappa shape index (κ1) is 45.4. The smallest absolute Gasteiger partial charge is 0.353 e. The van der Waals surface area contributed by atoms with Gasteiger partial charge in [-0.2, -0.15) is 0 Å². The van der Waals surface area contributed by atoms with Crippen LogP contribution in [0.3, 0.4) is 0 Å². The average molecular weight is 934 g/mol. The van der Waals surface area contributed by atoms with Crippen molar-refractivity contribution in [2.75, 3.05) is 72.5 Å². The number of urea groups is 1. The van der Waals surface area contributed by atoms with Crippen LogP contribution in [0.2, 0.25) is 0 Å². The number of amides is 4. The van der Waals surface area contributed by atoms with Crippen molar-refractivity contribution in [3.8, 4) is 34.0 Å². The van der Waals surface area contributed by atoms with Gasteiger partial charge in [0.2, 0.25) is 11.8 Å². The molecule has 69 heavy (non-hydrogen) atoms.